The molecule has 1 fully saturated rings. The number of rotatable bonds is 6. The Hall–Kier alpha value is 0.400. The van der Waals surface area contributed by atoms with Gasteiger partial charge in [0, 0.05) is 16.5 Å². The van der Waals surface area contributed by atoms with Gasteiger partial charge in [0.2, 0.25) is 0 Å². The molecule has 0 N–H and O–H groups in total. The number of unbranched alkanes of at least 4 members (excludes halogenated alkanes) is 1. The molecule has 1 aliphatic heterocycles. The lowest BCUT2D eigenvalue weighted by Crippen LogP contribution is -2.20. The maximum atomic E-state index is 3.53. The molecule has 0 bridgehead atoms. The monoisotopic (exact) mass is 358 g/mol. The second-order valence-corrected chi connectivity index (χ2v) is 8.96. The van der Waals surface area contributed by atoms with Gasteiger partial charge in [-0.1, -0.05) is 59.6 Å². The van der Waals surface area contributed by atoms with Crippen LogP contribution in [-0.2, 0) is 0 Å². The Morgan fingerprint density at radius 1 is 1.26 bits per heavy atom. The number of alkyl halides is 1. The molecule has 0 spiro atoms. The first-order valence-corrected chi connectivity index (χ1v) is 10.3. The first kappa shape index (κ1) is 15.8. The van der Waals surface area contributed by atoms with Crippen LogP contribution < -0.4 is 0 Å². The molecular weight excluding hydrogens is 336 g/mol. The zero-order valence-corrected chi connectivity index (χ0v) is 14.8. The Bertz CT molecular complexity index is 355. The van der Waals surface area contributed by atoms with Gasteiger partial charge in [-0.3, -0.25) is 0 Å². The quantitative estimate of drug-likeness (QED) is 0.457. The van der Waals surface area contributed by atoms with Crippen molar-refractivity contribution in [3.8, 4) is 0 Å². The summed E-state index contributed by atoms with van der Waals surface area (Å²) in [5.74, 6) is 2.00. The van der Waals surface area contributed by atoms with E-state index in [0.717, 1.165) is 15.2 Å². The Balaban J connectivity index is 1.86. The van der Waals surface area contributed by atoms with Crippen LogP contribution in [0.2, 0.25) is 0 Å². The van der Waals surface area contributed by atoms with Crippen molar-refractivity contribution < 1.29 is 0 Å². The third-order valence-corrected chi connectivity index (χ3v) is 7.74. The minimum absolute atomic E-state index is 0.662. The van der Waals surface area contributed by atoms with Crippen molar-refractivity contribution in [1.82, 2.24) is 0 Å². The first-order chi connectivity index (χ1) is 9.31. The predicted octanol–water partition coefficient (Wildman–Crippen LogP) is 5.92. The molecule has 1 aromatic rings. The molecule has 2 rings (SSSR count). The Kier molecular flexibility index (Phi) is 7.17. The lowest BCUT2D eigenvalue weighted by molar-refractivity contribution is 0.669. The SMILES string of the molecule is CC(c1ccccc1)C1SCCC(CCCCBr)S1. The zero-order valence-electron chi connectivity index (χ0n) is 11.6. The van der Waals surface area contributed by atoms with Gasteiger partial charge in [-0.2, -0.15) is 0 Å². The summed E-state index contributed by atoms with van der Waals surface area (Å²) in [7, 11) is 0. The van der Waals surface area contributed by atoms with E-state index in [4.69, 9.17) is 0 Å². The summed E-state index contributed by atoms with van der Waals surface area (Å²) in [5, 5.41) is 2.04. The molecule has 1 aliphatic rings. The van der Waals surface area contributed by atoms with E-state index in [1.54, 1.807) is 0 Å². The van der Waals surface area contributed by atoms with Gasteiger partial charge >= 0.3 is 0 Å². The molecule has 3 atom stereocenters. The van der Waals surface area contributed by atoms with Gasteiger partial charge in [0.1, 0.15) is 0 Å². The molecule has 3 heteroatoms. The molecule has 1 saturated heterocycles. The smallest absolute Gasteiger partial charge is 0.0571 e. The number of hydrogen-bond acceptors (Lipinski definition) is 2. The van der Waals surface area contributed by atoms with E-state index in [9.17, 15) is 0 Å². The molecule has 1 heterocycles. The highest BCUT2D eigenvalue weighted by molar-refractivity contribution is 9.09. The molecular formula is C16H23BrS2. The summed E-state index contributed by atoms with van der Waals surface area (Å²) in [6.07, 6.45) is 5.49. The fourth-order valence-electron chi connectivity index (χ4n) is 2.47. The summed E-state index contributed by atoms with van der Waals surface area (Å²) in [6.45, 7) is 2.39. The maximum Gasteiger partial charge on any atom is 0.0571 e. The summed E-state index contributed by atoms with van der Waals surface area (Å²) in [6, 6.07) is 11.0. The second kappa shape index (κ2) is 8.63. The van der Waals surface area contributed by atoms with Crippen molar-refractivity contribution in [2.75, 3.05) is 11.1 Å². The minimum atomic E-state index is 0.662. The van der Waals surface area contributed by atoms with Gasteiger partial charge in [0.25, 0.3) is 0 Å². The van der Waals surface area contributed by atoms with Crippen LogP contribution in [0, 0.1) is 0 Å². The average Bonchev–Trinajstić information content (AvgIpc) is 2.48. The van der Waals surface area contributed by atoms with Crippen LogP contribution >= 0.6 is 39.5 Å². The number of thioether (sulfide) groups is 2. The van der Waals surface area contributed by atoms with Crippen LogP contribution in [-0.4, -0.2) is 20.9 Å². The highest BCUT2D eigenvalue weighted by Crippen LogP contribution is 2.44. The van der Waals surface area contributed by atoms with E-state index in [0.29, 0.717) is 5.92 Å². The Morgan fingerprint density at radius 2 is 2.05 bits per heavy atom. The van der Waals surface area contributed by atoms with Crippen LogP contribution in [0.25, 0.3) is 0 Å². The number of benzene rings is 1. The van der Waals surface area contributed by atoms with E-state index in [2.05, 4.69) is 76.7 Å². The molecule has 0 saturated carbocycles. The van der Waals surface area contributed by atoms with Gasteiger partial charge in [-0.15, -0.1) is 23.5 Å². The second-order valence-electron chi connectivity index (χ2n) is 5.17. The van der Waals surface area contributed by atoms with Crippen molar-refractivity contribution in [2.24, 2.45) is 0 Å². The fraction of sp³-hybridized carbons (Fsp3) is 0.625. The summed E-state index contributed by atoms with van der Waals surface area (Å²) >= 11 is 7.92. The van der Waals surface area contributed by atoms with Gasteiger partial charge in [-0.25, -0.2) is 0 Å². The van der Waals surface area contributed by atoms with E-state index in [-0.39, 0.29) is 0 Å². The number of hydrogen-bond donors (Lipinski definition) is 0. The van der Waals surface area contributed by atoms with Gasteiger partial charge in [0.05, 0.1) is 4.58 Å². The van der Waals surface area contributed by atoms with Crippen molar-refractivity contribution in [1.29, 1.82) is 0 Å². The highest BCUT2D eigenvalue weighted by atomic mass is 79.9. The van der Waals surface area contributed by atoms with E-state index in [1.807, 2.05) is 0 Å². The van der Waals surface area contributed by atoms with Crippen LogP contribution in [0.4, 0.5) is 0 Å². The standard InChI is InChI=1S/C16H23BrS2/c1-13(14-7-3-2-4-8-14)16-18-12-10-15(19-16)9-5-6-11-17/h2-4,7-8,13,15-16H,5-6,9-12H2,1H3. The Morgan fingerprint density at radius 3 is 2.79 bits per heavy atom. The summed E-state index contributed by atoms with van der Waals surface area (Å²) < 4.78 is 0.741. The van der Waals surface area contributed by atoms with Gasteiger partial charge < -0.3 is 0 Å². The van der Waals surface area contributed by atoms with E-state index in [1.165, 1.54) is 37.0 Å². The summed E-state index contributed by atoms with van der Waals surface area (Å²) in [5.41, 5.74) is 1.49. The molecule has 0 aliphatic carbocycles. The van der Waals surface area contributed by atoms with E-state index < -0.39 is 0 Å². The molecule has 3 unspecified atom stereocenters. The third kappa shape index (κ3) is 5.02. The maximum absolute atomic E-state index is 3.53. The van der Waals surface area contributed by atoms with Crippen LogP contribution in [0.3, 0.4) is 0 Å². The summed E-state index contributed by atoms with van der Waals surface area (Å²) in [4.78, 5) is 0. The zero-order chi connectivity index (χ0) is 13.5. The molecule has 0 radical (unpaired) electrons. The van der Waals surface area contributed by atoms with E-state index >= 15 is 0 Å². The average molecular weight is 359 g/mol. The van der Waals surface area contributed by atoms with Gasteiger partial charge in [-0.05, 0) is 30.6 Å². The largest absolute Gasteiger partial charge is 0.147 e. The first-order valence-electron chi connectivity index (χ1n) is 7.19. The molecule has 0 amide bonds. The Labute approximate surface area is 134 Å². The van der Waals surface area contributed by atoms with Gasteiger partial charge in [0.15, 0.2) is 0 Å². The van der Waals surface area contributed by atoms with Crippen molar-refractivity contribution in [2.45, 2.75) is 48.4 Å². The van der Waals surface area contributed by atoms with Crippen LogP contribution in [0.1, 0.15) is 44.1 Å². The molecule has 1 aromatic carbocycles. The normalized spacial score (nSPS) is 25.2. The van der Waals surface area contributed by atoms with Crippen molar-refractivity contribution in [3.05, 3.63) is 35.9 Å². The minimum Gasteiger partial charge on any atom is -0.147 e. The number of halogens is 1. The fourth-order valence-corrected chi connectivity index (χ4v) is 6.52. The molecule has 19 heavy (non-hydrogen) atoms. The third-order valence-electron chi connectivity index (χ3n) is 3.69. The van der Waals surface area contributed by atoms with Crippen LogP contribution in [0.15, 0.2) is 30.3 Å². The lowest BCUT2D eigenvalue weighted by Gasteiger charge is -2.32. The predicted molar refractivity (Wildman–Crippen MR) is 94.7 cm³/mol. The van der Waals surface area contributed by atoms with Crippen molar-refractivity contribution in [3.63, 3.8) is 0 Å². The topological polar surface area (TPSA) is 0 Å². The highest BCUT2D eigenvalue weighted by Gasteiger charge is 2.27. The van der Waals surface area contributed by atoms with Crippen LogP contribution in [0.5, 0.6) is 0 Å². The lowest BCUT2D eigenvalue weighted by atomic mass is 10.0. The molecule has 106 valence electrons. The van der Waals surface area contributed by atoms with Crippen molar-refractivity contribution >= 4 is 39.5 Å². The molecule has 0 nitrogen and oxygen atoms in total. The molecule has 0 aromatic heterocycles.